The predicted octanol–water partition coefficient (Wildman–Crippen LogP) is 3.10. The summed E-state index contributed by atoms with van der Waals surface area (Å²) in [5, 5.41) is 21.8. The monoisotopic (exact) mass is 392 g/mol. The Bertz CT molecular complexity index is 995. The van der Waals surface area contributed by atoms with Crippen LogP contribution in [0.4, 0.5) is 15.9 Å². The first-order chi connectivity index (χ1) is 12.9. The van der Waals surface area contributed by atoms with Crippen molar-refractivity contribution in [3.63, 3.8) is 0 Å². The third kappa shape index (κ3) is 3.95. The Hall–Kier alpha value is -3.27. The molecule has 0 bridgehead atoms. The number of aromatic nitrogens is 4. The number of benzene rings is 1. The van der Waals surface area contributed by atoms with Crippen LogP contribution in [0, 0.1) is 15.9 Å². The minimum Gasteiger partial charge on any atom is -0.303 e. The third-order valence-electron chi connectivity index (χ3n) is 3.74. The molecule has 3 aromatic rings. The van der Waals surface area contributed by atoms with E-state index in [0.29, 0.717) is 6.54 Å². The number of carbonyl (C=O) groups excluding carboxylic acids is 1. The Kier molecular flexibility index (Phi) is 5.17. The molecule has 0 unspecified atom stereocenters. The molecule has 0 aliphatic rings. The van der Waals surface area contributed by atoms with E-state index in [4.69, 9.17) is 11.6 Å². The molecule has 1 N–H and O–H groups in total. The Morgan fingerprint density at radius 3 is 2.78 bits per heavy atom. The molecule has 3 rings (SSSR count). The van der Waals surface area contributed by atoms with Crippen molar-refractivity contribution in [2.45, 2.75) is 20.0 Å². The molecule has 1 aromatic carbocycles. The van der Waals surface area contributed by atoms with Crippen LogP contribution in [0.3, 0.4) is 0 Å². The molecule has 27 heavy (non-hydrogen) atoms. The number of nitrogens with zero attached hydrogens (tertiary/aromatic N) is 5. The summed E-state index contributed by atoms with van der Waals surface area (Å²) in [4.78, 5) is 22.7. The molecule has 0 aliphatic heterocycles. The van der Waals surface area contributed by atoms with Gasteiger partial charge in [0.15, 0.2) is 5.82 Å². The molecular formula is C16H14ClFN6O3. The van der Waals surface area contributed by atoms with E-state index < -0.39 is 22.3 Å². The molecule has 0 saturated heterocycles. The molecule has 0 spiro atoms. The van der Waals surface area contributed by atoms with Crippen LogP contribution in [-0.2, 0) is 13.1 Å². The molecule has 1 amide bonds. The number of nitrogens with one attached hydrogen (secondary N) is 1. The zero-order valence-corrected chi connectivity index (χ0v) is 14.9. The number of aryl methyl sites for hydroxylation is 1. The molecule has 140 valence electrons. The van der Waals surface area contributed by atoms with Crippen LogP contribution in [-0.4, -0.2) is 30.4 Å². The van der Waals surface area contributed by atoms with Gasteiger partial charge in [-0.05, 0) is 19.1 Å². The van der Waals surface area contributed by atoms with E-state index in [1.165, 1.54) is 40.0 Å². The maximum atomic E-state index is 13.9. The predicted molar refractivity (Wildman–Crippen MR) is 95.2 cm³/mol. The smallest absolute Gasteiger partial charge is 0.303 e. The first-order valence-corrected chi connectivity index (χ1v) is 8.26. The normalized spacial score (nSPS) is 10.8. The highest BCUT2D eigenvalue weighted by Gasteiger charge is 2.25. The summed E-state index contributed by atoms with van der Waals surface area (Å²) >= 11 is 5.99. The van der Waals surface area contributed by atoms with Crippen molar-refractivity contribution >= 4 is 29.0 Å². The number of anilines is 1. The van der Waals surface area contributed by atoms with E-state index in [0.717, 1.165) is 0 Å². The molecule has 2 aromatic heterocycles. The molecule has 9 nitrogen and oxygen atoms in total. The number of nitro groups is 1. The fourth-order valence-corrected chi connectivity index (χ4v) is 2.63. The van der Waals surface area contributed by atoms with Crippen LogP contribution in [0.1, 0.15) is 23.0 Å². The lowest BCUT2D eigenvalue weighted by Crippen LogP contribution is -2.15. The van der Waals surface area contributed by atoms with Crippen LogP contribution in [0.15, 0.2) is 36.7 Å². The Morgan fingerprint density at radius 1 is 1.33 bits per heavy atom. The highest BCUT2D eigenvalue weighted by molar-refractivity contribution is 6.31. The van der Waals surface area contributed by atoms with E-state index in [1.54, 1.807) is 13.0 Å². The molecule has 11 heteroatoms. The van der Waals surface area contributed by atoms with Crippen LogP contribution in [0.2, 0.25) is 5.02 Å². The molecule has 0 radical (unpaired) electrons. The summed E-state index contributed by atoms with van der Waals surface area (Å²) in [7, 11) is 0. The lowest BCUT2D eigenvalue weighted by molar-refractivity contribution is -0.385. The maximum absolute atomic E-state index is 13.9. The lowest BCUT2D eigenvalue weighted by Gasteiger charge is -2.06. The van der Waals surface area contributed by atoms with Gasteiger partial charge in [-0.1, -0.05) is 17.7 Å². The average Bonchev–Trinajstić information content (AvgIpc) is 3.25. The van der Waals surface area contributed by atoms with Gasteiger partial charge >= 0.3 is 5.69 Å². The number of amides is 1. The van der Waals surface area contributed by atoms with Crippen LogP contribution < -0.4 is 5.32 Å². The number of hydrogen-bond acceptors (Lipinski definition) is 5. The van der Waals surface area contributed by atoms with Gasteiger partial charge in [-0.15, -0.1) is 0 Å². The molecule has 0 fully saturated rings. The molecule has 0 saturated carbocycles. The van der Waals surface area contributed by atoms with Crippen molar-refractivity contribution in [1.82, 2.24) is 19.6 Å². The molecule has 0 aliphatic carbocycles. The van der Waals surface area contributed by atoms with Gasteiger partial charge in [-0.2, -0.15) is 10.2 Å². The Balaban J connectivity index is 1.77. The largest absolute Gasteiger partial charge is 0.320 e. The second-order valence-electron chi connectivity index (χ2n) is 5.53. The van der Waals surface area contributed by atoms with E-state index in [-0.39, 0.29) is 28.6 Å². The van der Waals surface area contributed by atoms with Gasteiger partial charge in [0.05, 0.1) is 11.5 Å². The van der Waals surface area contributed by atoms with Crippen molar-refractivity contribution in [3.8, 4) is 0 Å². The maximum Gasteiger partial charge on any atom is 0.320 e. The highest BCUT2D eigenvalue weighted by Crippen LogP contribution is 2.21. The SMILES string of the molecule is CCn1cc([N+](=O)[O-])c(C(=O)Nc2ccn(Cc3c(F)cccc3Cl)n2)n1. The summed E-state index contributed by atoms with van der Waals surface area (Å²) in [6.45, 7) is 2.19. The number of carbonyl (C=O) groups is 1. The fraction of sp³-hybridized carbons (Fsp3) is 0.188. The van der Waals surface area contributed by atoms with Crippen molar-refractivity contribution < 1.29 is 14.1 Å². The highest BCUT2D eigenvalue weighted by atomic mass is 35.5. The standard InChI is InChI=1S/C16H14ClFN6O3/c1-2-22-9-13(24(26)27)15(21-22)16(25)19-14-6-7-23(20-14)8-10-11(17)4-3-5-12(10)18/h3-7,9H,2,8H2,1H3,(H,19,20,25). The topological polar surface area (TPSA) is 108 Å². The van der Waals surface area contributed by atoms with Crippen molar-refractivity contribution in [3.05, 3.63) is 68.9 Å². The number of halogens is 2. The summed E-state index contributed by atoms with van der Waals surface area (Å²) < 4.78 is 16.5. The average molecular weight is 393 g/mol. The van der Waals surface area contributed by atoms with Crippen LogP contribution in [0.5, 0.6) is 0 Å². The molecular weight excluding hydrogens is 379 g/mol. The van der Waals surface area contributed by atoms with Gasteiger partial charge in [-0.25, -0.2) is 4.39 Å². The first-order valence-electron chi connectivity index (χ1n) is 7.88. The van der Waals surface area contributed by atoms with E-state index >= 15 is 0 Å². The van der Waals surface area contributed by atoms with Gasteiger partial charge in [0.1, 0.15) is 12.0 Å². The van der Waals surface area contributed by atoms with Crippen LogP contribution >= 0.6 is 11.6 Å². The van der Waals surface area contributed by atoms with Gasteiger partial charge in [0.25, 0.3) is 5.91 Å². The zero-order valence-electron chi connectivity index (χ0n) is 14.1. The minimum atomic E-state index is -0.761. The summed E-state index contributed by atoms with van der Waals surface area (Å²) in [6.07, 6.45) is 2.71. The van der Waals surface area contributed by atoms with E-state index in [2.05, 4.69) is 15.5 Å². The Labute approximate surface area is 157 Å². The second-order valence-corrected chi connectivity index (χ2v) is 5.94. The zero-order chi connectivity index (χ0) is 19.6. The summed E-state index contributed by atoms with van der Waals surface area (Å²) in [5.74, 6) is -1.08. The second kappa shape index (κ2) is 7.54. The van der Waals surface area contributed by atoms with Gasteiger partial charge in [-0.3, -0.25) is 24.3 Å². The van der Waals surface area contributed by atoms with Gasteiger partial charge < -0.3 is 5.32 Å². The molecule has 2 heterocycles. The van der Waals surface area contributed by atoms with E-state index in [9.17, 15) is 19.3 Å². The lowest BCUT2D eigenvalue weighted by atomic mass is 10.2. The van der Waals surface area contributed by atoms with Crippen LogP contribution in [0.25, 0.3) is 0 Å². The summed E-state index contributed by atoms with van der Waals surface area (Å²) in [5.41, 5.74) is -0.446. The number of hydrogen-bond donors (Lipinski definition) is 1. The first kappa shape index (κ1) is 18.5. The third-order valence-corrected chi connectivity index (χ3v) is 4.10. The summed E-state index contributed by atoms with van der Waals surface area (Å²) in [6, 6.07) is 5.83. The quantitative estimate of drug-likeness (QED) is 0.512. The van der Waals surface area contributed by atoms with Gasteiger partial charge in [0.2, 0.25) is 5.69 Å². The fourth-order valence-electron chi connectivity index (χ4n) is 2.41. The minimum absolute atomic E-state index is 0.0615. The molecule has 0 atom stereocenters. The number of rotatable bonds is 6. The van der Waals surface area contributed by atoms with Crippen molar-refractivity contribution in [2.24, 2.45) is 0 Å². The van der Waals surface area contributed by atoms with Crippen molar-refractivity contribution in [2.75, 3.05) is 5.32 Å². The Morgan fingerprint density at radius 2 is 2.11 bits per heavy atom. The van der Waals surface area contributed by atoms with E-state index in [1.807, 2.05) is 0 Å². The van der Waals surface area contributed by atoms with Crippen molar-refractivity contribution in [1.29, 1.82) is 0 Å². The van der Waals surface area contributed by atoms with Gasteiger partial charge in [0, 0.05) is 29.4 Å².